The summed E-state index contributed by atoms with van der Waals surface area (Å²) in [6, 6.07) is 1.84. The van der Waals surface area contributed by atoms with Crippen LogP contribution in [0.4, 0.5) is 0 Å². The number of hydrogen-bond donors (Lipinski definition) is 1. The first-order valence-corrected chi connectivity index (χ1v) is 7.64. The van der Waals surface area contributed by atoms with Crippen molar-refractivity contribution in [3.05, 3.63) is 23.5 Å². The third-order valence-electron chi connectivity index (χ3n) is 3.18. The average Bonchev–Trinajstić information content (AvgIpc) is 2.39. The van der Waals surface area contributed by atoms with E-state index in [4.69, 9.17) is 11.6 Å². The minimum absolute atomic E-state index is 0. The van der Waals surface area contributed by atoms with Gasteiger partial charge in [0.15, 0.2) is 0 Å². The zero-order chi connectivity index (χ0) is 13.2. The predicted molar refractivity (Wildman–Crippen MR) is 77.3 cm³/mol. The molecule has 0 radical (unpaired) electrons. The van der Waals surface area contributed by atoms with Gasteiger partial charge in [0.05, 0.1) is 5.02 Å². The number of nitrogens with one attached hydrogen (secondary N) is 1. The Kier molecular flexibility index (Phi) is 6.01. The molecule has 0 spiro atoms. The molecule has 5 nitrogen and oxygen atoms in total. The second-order valence-electron chi connectivity index (χ2n) is 4.31. The second-order valence-corrected chi connectivity index (χ2v) is 6.68. The molecule has 1 fully saturated rings. The van der Waals surface area contributed by atoms with Crippen LogP contribution < -0.4 is 5.32 Å². The first-order chi connectivity index (χ1) is 8.54. The van der Waals surface area contributed by atoms with Crippen LogP contribution in [0.1, 0.15) is 12.8 Å². The van der Waals surface area contributed by atoms with Crippen LogP contribution in [-0.2, 0) is 10.0 Å². The van der Waals surface area contributed by atoms with Crippen molar-refractivity contribution in [2.75, 3.05) is 20.1 Å². The lowest BCUT2D eigenvalue weighted by Crippen LogP contribution is -2.43. The molecule has 1 aromatic rings. The molecule has 2 heterocycles. The monoisotopic (exact) mass is 325 g/mol. The fourth-order valence-electron chi connectivity index (χ4n) is 2.07. The highest BCUT2D eigenvalue weighted by Gasteiger charge is 2.29. The molecule has 1 aliphatic heterocycles. The van der Waals surface area contributed by atoms with Crippen LogP contribution in [0.3, 0.4) is 0 Å². The van der Waals surface area contributed by atoms with Crippen LogP contribution in [0.2, 0.25) is 5.02 Å². The van der Waals surface area contributed by atoms with Gasteiger partial charge in [0.25, 0.3) is 0 Å². The van der Waals surface area contributed by atoms with Crippen molar-refractivity contribution < 1.29 is 8.42 Å². The number of piperidine rings is 1. The van der Waals surface area contributed by atoms with E-state index in [-0.39, 0.29) is 17.3 Å². The molecule has 0 bridgehead atoms. The molecule has 0 unspecified atom stereocenters. The lowest BCUT2D eigenvalue weighted by Gasteiger charge is -2.30. The van der Waals surface area contributed by atoms with E-state index < -0.39 is 10.0 Å². The highest BCUT2D eigenvalue weighted by molar-refractivity contribution is 7.89. The maximum Gasteiger partial charge on any atom is 0.244 e. The summed E-state index contributed by atoms with van der Waals surface area (Å²) in [5.74, 6) is 0. The Balaban J connectivity index is 0.00000180. The maximum atomic E-state index is 12.3. The molecule has 2 rings (SSSR count). The Bertz CT molecular complexity index is 516. The normalized spacial score (nSPS) is 18.0. The number of sulfonamides is 1. The molecule has 8 heteroatoms. The van der Waals surface area contributed by atoms with Gasteiger partial charge >= 0.3 is 0 Å². The number of halogens is 2. The highest BCUT2D eigenvalue weighted by atomic mass is 35.5. The zero-order valence-electron chi connectivity index (χ0n) is 10.5. The van der Waals surface area contributed by atoms with Crippen LogP contribution >= 0.6 is 24.0 Å². The molecule has 1 aliphatic rings. The zero-order valence-corrected chi connectivity index (χ0v) is 12.9. The van der Waals surface area contributed by atoms with E-state index in [9.17, 15) is 8.42 Å². The summed E-state index contributed by atoms with van der Waals surface area (Å²) in [6.45, 7) is 1.06. The standard InChI is InChI=1S/C11H16ClN3O2S.ClH/c1-13-10-2-4-15(5-3-10)18(16,17)11-6-9(12)7-14-8-11;/h6-8,10,13H,2-5H2,1H3;1H. The van der Waals surface area contributed by atoms with Crippen molar-refractivity contribution in [2.45, 2.75) is 23.8 Å². The van der Waals surface area contributed by atoms with Crippen LogP contribution in [-0.4, -0.2) is 43.9 Å². The Labute approximate surface area is 124 Å². The van der Waals surface area contributed by atoms with E-state index in [1.54, 1.807) is 0 Å². The SMILES string of the molecule is CNC1CCN(S(=O)(=O)c2cncc(Cl)c2)CC1.Cl. The van der Waals surface area contributed by atoms with Gasteiger partial charge in [-0.15, -0.1) is 12.4 Å². The second kappa shape index (κ2) is 6.85. The Hall–Kier alpha value is -0.400. The van der Waals surface area contributed by atoms with Crippen LogP contribution in [0.25, 0.3) is 0 Å². The van der Waals surface area contributed by atoms with E-state index >= 15 is 0 Å². The molecule has 0 atom stereocenters. The lowest BCUT2D eigenvalue weighted by atomic mass is 10.1. The van der Waals surface area contributed by atoms with Crippen molar-refractivity contribution in [3.63, 3.8) is 0 Å². The third-order valence-corrected chi connectivity index (χ3v) is 5.25. The van der Waals surface area contributed by atoms with E-state index in [1.165, 1.54) is 22.8 Å². The summed E-state index contributed by atoms with van der Waals surface area (Å²) in [5, 5.41) is 3.50. The first-order valence-electron chi connectivity index (χ1n) is 5.82. The van der Waals surface area contributed by atoms with Gasteiger partial charge in [-0.1, -0.05) is 11.6 Å². The summed E-state index contributed by atoms with van der Waals surface area (Å²) in [4.78, 5) is 3.99. The topological polar surface area (TPSA) is 62.3 Å². The molecule has 1 N–H and O–H groups in total. The number of rotatable bonds is 3. The molecule has 19 heavy (non-hydrogen) atoms. The van der Waals surface area contributed by atoms with Crippen LogP contribution in [0.5, 0.6) is 0 Å². The van der Waals surface area contributed by atoms with Gasteiger partial charge < -0.3 is 5.32 Å². The molecule has 0 aromatic carbocycles. The van der Waals surface area contributed by atoms with Crippen molar-refractivity contribution in [1.29, 1.82) is 0 Å². The summed E-state index contributed by atoms with van der Waals surface area (Å²) >= 11 is 5.78. The van der Waals surface area contributed by atoms with Gasteiger partial charge in [-0.05, 0) is 26.0 Å². The minimum Gasteiger partial charge on any atom is -0.317 e. The summed E-state index contributed by atoms with van der Waals surface area (Å²) < 4.78 is 26.2. The number of nitrogens with zero attached hydrogens (tertiary/aromatic N) is 2. The Morgan fingerprint density at radius 3 is 2.53 bits per heavy atom. The Morgan fingerprint density at radius 2 is 2.00 bits per heavy atom. The Morgan fingerprint density at radius 1 is 1.37 bits per heavy atom. The molecule has 0 saturated carbocycles. The van der Waals surface area contributed by atoms with Gasteiger partial charge in [0, 0.05) is 31.5 Å². The van der Waals surface area contributed by atoms with E-state index in [0.29, 0.717) is 24.2 Å². The highest BCUT2D eigenvalue weighted by Crippen LogP contribution is 2.21. The number of pyridine rings is 1. The van der Waals surface area contributed by atoms with Gasteiger partial charge in [0.1, 0.15) is 4.90 Å². The predicted octanol–water partition coefficient (Wildman–Crippen LogP) is 1.53. The van der Waals surface area contributed by atoms with E-state index in [0.717, 1.165) is 12.8 Å². The van der Waals surface area contributed by atoms with Crippen molar-refractivity contribution in [3.8, 4) is 0 Å². The lowest BCUT2D eigenvalue weighted by molar-refractivity contribution is 0.298. The largest absolute Gasteiger partial charge is 0.317 e. The summed E-state index contributed by atoms with van der Waals surface area (Å²) in [5.41, 5.74) is 0. The molecule has 0 aliphatic carbocycles. The number of aromatic nitrogens is 1. The van der Waals surface area contributed by atoms with Gasteiger partial charge in [-0.2, -0.15) is 4.31 Å². The quantitative estimate of drug-likeness (QED) is 0.915. The smallest absolute Gasteiger partial charge is 0.244 e. The molecule has 1 aromatic heterocycles. The third kappa shape index (κ3) is 3.79. The van der Waals surface area contributed by atoms with Crippen molar-refractivity contribution >= 4 is 34.0 Å². The van der Waals surface area contributed by atoms with Crippen molar-refractivity contribution in [1.82, 2.24) is 14.6 Å². The maximum absolute atomic E-state index is 12.3. The van der Waals surface area contributed by atoms with Crippen LogP contribution in [0.15, 0.2) is 23.4 Å². The van der Waals surface area contributed by atoms with Gasteiger partial charge in [0.2, 0.25) is 10.0 Å². The first kappa shape index (κ1) is 16.7. The van der Waals surface area contributed by atoms with Crippen LogP contribution in [0, 0.1) is 0 Å². The average molecular weight is 326 g/mol. The van der Waals surface area contributed by atoms with Crippen molar-refractivity contribution in [2.24, 2.45) is 0 Å². The van der Waals surface area contributed by atoms with Gasteiger partial charge in [-0.3, -0.25) is 4.98 Å². The van der Waals surface area contributed by atoms with E-state index in [1.807, 2.05) is 7.05 Å². The molecular formula is C11H17Cl2N3O2S. The molecular weight excluding hydrogens is 309 g/mol. The fourth-order valence-corrected chi connectivity index (χ4v) is 3.77. The molecule has 108 valence electrons. The minimum atomic E-state index is -3.46. The summed E-state index contributed by atoms with van der Waals surface area (Å²) in [7, 11) is -1.56. The fraction of sp³-hybridized carbons (Fsp3) is 0.545. The number of hydrogen-bond acceptors (Lipinski definition) is 4. The molecule has 1 saturated heterocycles. The summed E-state index contributed by atoms with van der Waals surface area (Å²) in [6.07, 6.45) is 4.41. The van der Waals surface area contributed by atoms with E-state index in [2.05, 4.69) is 10.3 Å². The van der Waals surface area contributed by atoms with Gasteiger partial charge in [-0.25, -0.2) is 8.42 Å². The molecule has 0 amide bonds.